The van der Waals surface area contributed by atoms with Crippen molar-refractivity contribution in [2.24, 2.45) is 0 Å². The van der Waals surface area contributed by atoms with Gasteiger partial charge in [-0.2, -0.15) is 0 Å². The quantitative estimate of drug-likeness (QED) is 0.682. The van der Waals surface area contributed by atoms with E-state index < -0.39 is 18.0 Å². The van der Waals surface area contributed by atoms with E-state index in [2.05, 4.69) is 17.6 Å². The van der Waals surface area contributed by atoms with Crippen LogP contribution in [0, 0.1) is 0 Å². The van der Waals surface area contributed by atoms with Gasteiger partial charge in [-0.1, -0.05) is 19.1 Å². The maximum atomic E-state index is 12.2. The van der Waals surface area contributed by atoms with Crippen LogP contribution in [0.5, 0.6) is 5.75 Å². The van der Waals surface area contributed by atoms with Gasteiger partial charge >= 0.3 is 5.97 Å². The highest BCUT2D eigenvalue weighted by Gasteiger charge is 2.18. The molecule has 0 aliphatic carbocycles. The van der Waals surface area contributed by atoms with Crippen LogP contribution in [-0.2, 0) is 25.5 Å². The summed E-state index contributed by atoms with van der Waals surface area (Å²) in [5.74, 6) is -0.720. The van der Waals surface area contributed by atoms with E-state index in [9.17, 15) is 14.4 Å². The third-order valence-electron chi connectivity index (χ3n) is 3.84. The normalized spacial score (nSPS) is 11.2. The second-order valence-electron chi connectivity index (χ2n) is 6.17. The number of anilines is 2. The molecule has 2 amide bonds. The van der Waals surface area contributed by atoms with Gasteiger partial charge in [0.15, 0.2) is 12.7 Å². The Hall–Kier alpha value is -3.35. The largest absolute Gasteiger partial charge is 0.482 e. The average Bonchev–Trinajstić information content (AvgIpc) is 2.67. The summed E-state index contributed by atoms with van der Waals surface area (Å²) < 4.78 is 10.5. The zero-order valence-electron chi connectivity index (χ0n) is 16.2. The third kappa shape index (κ3) is 6.75. The maximum absolute atomic E-state index is 12.2. The van der Waals surface area contributed by atoms with Gasteiger partial charge in [0.2, 0.25) is 5.91 Å². The second kappa shape index (κ2) is 10.1. The van der Waals surface area contributed by atoms with Crippen molar-refractivity contribution in [1.29, 1.82) is 0 Å². The molecule has 0 aromatic heterocycles. The zero-order chi connectivity index (χ0) is 20.5. The van der Waals surface area contributed by atoms with Gasteiger partial charge in [-0.3, -0.25) is 9.59 Å². The number of amides is 2. The molecule has 0 fully saturated rings. The minimum absolute atomic E-state index is 0.180. The molecule has 1 atom stereocenters. The number of hydrogen-bond donors (Lipinski definition) is 2. The molecule has 0 unspecified atom stereocenters. The molecular formula is C21H24N2O5. The Morgan fingerprint density at radius 3 is 2.04 bits per heavy atom. The van der Waals surface area contributed by atoms with E-state index >= 15 is 0 Å². The van der Waals surface area contributed by atoms with Gasteiger partial charge in [0.1, 0.15) is 5.75 Å². The highest BCUT2D eigenvalue weighted by molar-refractivity contribution is 5.95. The molecule has 2 rings (SSSR count). The number of carbonyl (C=O) groups excluding carboxylic acids is 3. The Morgan fingerprint density at radius 1 is 0.929 bits per heavy atom. The maximum Gasteiger partial charge on any atom is 0.344 e. The molecule has 0 aliphatic rings. The number of benzene rings is 2. The Kier molecular flexibility index (Phi) is 7.56. The van der Waals surface area contributed by atoms with Crippen LogP contribution in [0.2, 0.25) is 0 Å². The van der Waals surface area contributed by atoms with Gasteiger partial charge in [-0.15, -0.1) is 0 Å². The summed E-state index contributed by atoms with van der Waals surface area (Å²) in [6, 6.07) is 14.0. The van der Waals surface area contributed by atoms with Crippen molar-refractivity contribution < 1.29 is 23.9 Å². The highest BCUT2D eigenvalue weighted by atomic mass is 16.6. The van der Waals surface area contributed by atoms with Gasteiger partial charge in [0.25, 0.3) is 5.91 Å². The van der Waals surface area contributed by atoms with Crippen LogP contribution in [0.4, 0.5) is 11.4 Å². The van der Waals surface area contributed by atoms with Crippen LogP contribution in [0.3, 0.4) is 0 Å². The topological polar surface area (TPSA) is 93.7 Å². The van der Waals surface area contributed by atoms with E-state index in [1.54, 1.807) is 36.4 Å². The van der Waals surface area contributed by atoms with E-state index in [-0.39, 0.29) is 12.5 Å². The molecule has 2 aromatic rings. The van der Waals surface area contributed by atoms with Crippen LogP contribution >= 0.6 is 0 Å². The van der Waals surface area contributed by atoms with Gasteiger partial charge < -0.3 is 20.1 Å². The lowest BCUT2D eigenvalue weighted by Gasteiger charge is -2.14. The van der Waals surface area contributed by atoms with Crippen LogP contribution in [0.1, 0.15) is 26.3 Å². The van der Waals surface area contributed by atoms with Crippen molar-refractivity contribution in [2.75, 3.05) is 17.2 Å². The number of carbonyl (C=O) groups is 3. The van der Waals surface area contributed by atoms with Crippen molar-refractivity contribution in [3.63, 3.8) is 0 Å². The summed E-state index contributed by atoms with van der Waals surface area (Å²) >= 11 is 0. The molecule has 0 radical (unpaired) electrons. The van der Waals surface area contributed by atoms with Gasteiger partial charge in [0.05, 0.1) is 0 Å². The molecule has 0 saturated heterocycles. The summed E-state index contributed by atoms with van der Waals surface area (Å²) in [7, 11) is 0. The van der Waals surface area contributed by atoms with E-state index in [0.717, 1.165) is 6.42 Å². The van der Waals surface area contributed by atoms with E-state index in [1.807, 2.05) is 12.1 Å². The highest BCUT2D eigenvalue weighted by Crippen LogP contribution is 2.15. The van der Waals surface area contributed by atoms with Crippen LogP contribution in [-0.4, -0.2) is 30.5 Å². The number of aryl methyl sites for hydroxylation is 1. The molecule has 0 spiro atoms. The molecule has 0 bridgehead atoms. The SMILES string of the molecule is CCc1ccc(OCC(=O)O[C@@H](C)C(=O)Nc2ccc(NC(C)=O)cc2)cc1. The van der Waals surface area contributed by atoms with E-state index in [4.69, 9.17) is 9.47 Å². The summed E-state index contributed by atoms with van der Waals surface area (Å²) in [4.78, 5) is 35.0. The molecule has 0 heterocycles. The number of nitrogens with one attached hydrogen (secondary N) is 2. The Bertz CT molecular complexity index is 816. The first kappa shape index (κ1) is 21.0. The van der Waals surface area contributed by atoms with Crippen molar-refractivity contribution in [2.45, 2.75) is 33.3 Å². The lowest BCUT2D eigenvalue weighted by Crippen LogP contribution is -2.31. The van der Waals surface area contributed by atoms with Crippen molar-refractivity contribution in [1.82, 2.24) is 0 Å². The number of hydrogen-bond acceptors (Lipinski definition) is 5. The Labute approximate surface area is 164 Å². The summed E-state index contributed by atoms with van der Waals surface area (Å²) in [5.41, 5.74) is 2.31. The summed E-state index contributed by atoms with van der Waals surface area (Å²) in [5, 5.41) is 5.28. The third-order valence-corrected chi connectivity index (χ3v) is 3.84. The zero-order valence-corrected chi connectivity index (χ0v) is 16.2. The standard InChI is InChI=1S/C21H24N2O5/c1-4-16-5-11-19(12-6-16)27-13-20(25)28-14(2)21(26)23-18-9-7-17(8-10-18)22-15(3)24/h5-12,14H,4,13H2,1-3H3,(H,22,24)(H,23,26)/t14-/m0/s1. The first-order valence-electron chi connectivity index (χ1n) is 8.97. The first-order chi connectivity index (χ1) is 13.4. The summed E-state index contributed by atoms with van der Waals surface area (Å²) in [6.45, 7) is 4.66. The molecule has 7 nitrogen and oxygen atoms in total. The number of ether oxygens (including phenoxy) is 2. The molecule has 0 saturated carbocycles. The fourth-order valence-electron chi connectivity index (χ4n) is 2.33. The van der Waals surface area contributed by atoms with Crippen molar-refractivity contribution in [3.05, 3.63) is 54.1 Å². The fraction of sp³-hybridized carbons (Fsp3) is 0.286. The monoisotopic (exact) mass is 384 g/mol. The smallest absolute Gasteiger partial charge is 0.344 e. The first-order valence-corrected chi connectivity index (χ1v) is 8.97. The minimum atomic E-state index is -0.978. The summed E-state index contributed by atoms with van der Waals surface area (Å²) in [6.07, 6.45) is -0.0566. The van der Waals surface area contributed by atoms with Crippen LogP contribution in [0.25, 0.3) is 0 Å². The lowest BCUT2D eigenvalue weighted by atomic mass is 10.2. The van der Waals surface area contributed by atoms with E-state index in [0.29, 0.717) is 17.1 Å². The predicted molar refractivity (Wildman–Crippen MR) is 106 cm³/mol. The molecule has 2 aromatic carbocycles. The Morgan fingerprint density at radius 2 is 1.50 bits per heavy atom. The molecular weight excluding hydrogens is 360 g/mol. The predicted octanol–water partition coefficient (Wildman–Crippen LogP) is 3.16. The molecule has 2 N–H and O–H groups in total. The lowest BCUT2D eigenvalue weighted by molar-refractivity contribution is -0.155. The Balaban J connectivity index is 1.78. The average molecular weight is 384 g/mol. The minimum Gasteiger partial charge on any atom is -0.482 e. The fourth-order valence-corrected chi connectivity index (χ4v) is 2.33. The van der Waals surface area contributed by atoms with Crippen LogP contribution < -0.4 is 15.4 Å². The van der Waals surface area contributed by atoms with Crippen molar-refractivity contribution in [3.8, 4) is 5.75 Å². The van der Waals surface area contributed by atoms with Crippen LogP contribution in [0.15, 0.2) is 48.5 Å². The van der Waals surface area contributed by atoms with Gasteiger partial charge in [-0.05, 0) is 55.3 Å². The number of esters is 1. The molecule has 148 valence electrons. The second-order valence-corrected chi connectivity index (χ2v) is 6.17. The van der Waals surface area contributed by atoms with Crippen molar-refractivity contribution >= 4 is 29.2 Å². The van der Waals surface area contributed by atoms with E-state index in [1.165, 1.54) is 19.4 Å². The molecule has 7 heteroatoms. The van der Waals surface area contributed by atoms with Gasteiger partial charge in [-0.25, -0.2) is 4.79 Å². The van der Waals surface area contributed by atoms with Gasteiger partial charge in [0, 0.05) is 18.3 Å². The number of rotatable bonds is 8. The molecule has 0 aliphatic heterocycles. The molecule has 28 heavy (non-hydrogen) atoms.